The highest BCUT2D eigenvalue weighted by molar-refractivity contribution is 4.99. The summed E-state index contributed by atoms with van der Waals surface area (Å²) in [4.78, 5) is 0. The van der Waals surface area contributed by atoms with E-state index in [1.54, 1.807) is 0 Å². The fourth-order valence-electron chi connectivity index (χ4n) is 2.20. The second kappa shape index (κ2) is 7.43. The van der Waals surface area contributed by atoms with Gasteiger partial charge >= 0.3 is 0 Å². The van der Waals surface area contributed by atoms with Gasteiger partial charge in [-0.1, -0.05) is 13.8 Å². The van der Waals surface area contributed by atoms with Crippen molar-refractivity contribution in [1.29, 1.82) is 0 Å². The van der Waals surface area contributed by atoms with E-state index >= 15 is 0 Å². The molecule has 0 atom stereocenters. The molecule has 0 saturated carbocycles. The minimum atomic E-state index is -0.360. The highest BCUT2D eigenvalue weighted by Gasteiger charge is 2.34. The smallest absolute Gasteiger partial charge is 0.183 e. The number of nitrogens with two attached hydrogens (primary N) is 1. The molecule has 1 heterocycles. The largest absolute Gasteiger partial charge is 0.367 e. The number of nitrogens with zero attached hydrogens (tertiary/aromatic N) is 4. The highest BCUT2D eigenvalue weighted by atomic mass is 16.5. The second-order valence-electron chi connectivity index (χ2n) is 4.36. The Labute approximate surface area is 109 Å². The maximum Gasteiger partial charge on any atom is 0.183 e. The first-order chi connectivity index (χ1) is 8.74. The zero-order chi connectivity index (χ0) is 13.4. The van der Waals surface area contributed by atoms with Crippen LogP contribution in [0.25, 0.3) is 0 Å². The van der Waals surface area contributed by atoms with Crippen LogP contribution in [0.1, 0.15) is 52.3 Å². The molecule has 18 heavy (non-hydrogen) atoms. The Bertz CT molecular complexity index is 335. The third-order valence-corrected chi connectivity index (χ3v) is 3.33. The first kappa shape index (κ1) is 15.0. The van der Waals surface area contributed by atoms with Crippen LogP contribution < -0.4 is 5.73 Å². The average Bonchev–Trinajstić information content (AvgIpc) is 2.85. The molecule has 0 bridgehead atoms. The summed E-state index contributed by atoms with van der Waals surface area (Å²) in [5.74, 6) is 0.839. The third kappa shape index (κ3) is 3.26. The summed E-state index contributed by atoms with van der Waals surface area (Å²) in [6, 6.07) is 0. The van der Waals surface area contributed by atoms with Crippen molar-refractivity contribution >= 4 is 0 Å². The van der Waals surface area contributed by atoms with Crippen molar-refractivity contribution in [1.82, 2.24) is 20.2 Å². The Kier molecular flexibility index (Phi) is 6.21. The number of aromatic nitrogens is 4. The molecule has 1 aromatic rings. The molecule has 0 amide bonds. The van der Waals surface area contributed by atoms with Crippen LogP contribution in [-0.2, 0) is 16.9 Å². The second-order valence-corrected chi connectivity index (χ2v) is 4.36. The first-order valence-corrected chi connectivity index (χ1v) is 6.84. The molecule has 0 aliphatic carbocycles. The SMILES string of the molecule is CCOC(CC)(CC)c1nnnn1CCCCN. The molecule has 6 heteroatoms. The lowest BCUT2D eigenvalue weighted by Gasteiger charge is -2.30. The topological polar surface area (TPSA) is 78.9 Å². The number of unbranched alkanes of at least 4 members (excludes halogenated alkanes) is 1. The van der Waals surface area contributed by atoms with Crippen LogP contribution in [0, 0.1) is 0 Å². The molecule has 6 nitrogen and oxygen atoms in total. The number of hydrogen-bond donors (Lipinski definition) is 1. The van der Waals surface area contributed by atoms with Crippen molar-refractivity contribution in [3.63, 3.8) is 0 Å². The van der Waals surface area contributed by atoms with Crippen LogP contribution in [0.15, 0.2) is 0 Å². The number of tetrazole rings is 1. The number of aryl methyl sites for hydroxylation is 1. The normalized spacial score (nSPS) is 12.0. The molecule has 0 aliphatic rings. The number of rotatable bonds is 9. The van der Waals surface area contributed by atoms with E-state index in [0.29, 0.717) is 13.2 Å². The van der Waals surface area contributed by atoms with E-state index in [2.05, 4.69) is 29.4 Å². The predicted molar refractivity (Wildman–Crippen MR) is 70.0 cm³/mol. The summed E-state index contributed by atoms with van der Waals surface area (Å²) in [7, 11) is 0. The van der Waals surface area contributed by atoms with Crippen LogP contribution in [-0.4, -0.2) is 33.4 Å². The van der Waals surface area contributed by atoms with Crippen LogP contribution in [0.3, 0.4) is 0 Å². The fraction of sp³-hybridized carbons (Fsp3) is 0.917. The minimum Gasteiger partial charge on any atom is -0.367 e. The highest BCUT2D eigenvalue weighted by Crippen LogP contribution is 2.31. The maximum atomic E-state index is 5.93. The predicted octanol–water partition coefficient (Wildman–Crippen LogP) is 1.46. The molecule has 0 spiro atoms. The quantitative estimate of drug-likeness (QED) is 0.676. The monoisotopic (exact) mass is 255 g/mol. The maximum absolute atomic E-state index is 5.93. The number of ether oxygens (including phenoxy) is 1. The van der Waals surface area contributed by atoms with Crippen LogP contribution >= 0.6 is 0 Å². The van der Waals surface area contributed by atoms with Gasteiger partial charge < -0.3 is 10.5 Å². The van der Waals surface area contributed by atoms with Gasteiger partial charge in [0.15, 0.2) is 5.82 Å². The lowest BCUT2D eigenvalue weighted by Crippen LogP contribution is -2.32. The van der Waals surface area contributed by atoms with E-state index in [-0.39, 0.29) is 5.60 Å². The van der Waals surface area contributed by atoms with Gasteiger partial charge in [0.2, 0.25) is 0 Å². The third-order valence-electron chi connectivity index (χ3n) is 3.33. The zero-order valence-corrected chi connectivity index (χ0v) is 11.7. The van der Waals surface area contributed by atoms with Gasteiger partial charge in [-0.25, -0.2) is 4.68 Å². The van der Waals surface area contributed by atoms with E-state index in [9.17, 15) is 0 Å². The first-order valence-electron chi connectivity index (χ1n) is 6.84. The fourth-order valence-corrected chi connectivity index (χ4v) is 2.20. The molecular formula is C12H25N5O. The van der Waals surface area contributed by atoms with Crippen LogP contribution in [0.5, 0.6) is 0 Å². The molecule has 2 N–H and O–H groups in total. The molecule has 0 radical (unpaired) electrons. The summed E-state index contributed by atoms with van der Waals surface area (Å²) in [6.07, 6.45) is 3.71. The van der Waals surface area contributed by atoms with E-state index in [4.69, 9.17) is 10.5 Å². The minimum absolute atomic E-state index is 0.360. The molecule has 0 aliphatic heterocycles. The van der Waals surface area contributed by atoms with Crippen molar-refractivity contribution in [3.05, 3.63) is 5.82 Å². The summed E-state index contributed by atoms with van der Waals surface area (Å²) in [6.45, 7) is 8.39. The Hall–Kier alpha value is -1.01. The zero-order valence-electron chi connectivity index (χ0n) is 11.7. The molecule has 0 saturated heterocycles. The Morgan fingerprint density at radius 1 is 1.22 bits per heavy atom. The van der Waals surface area contributed by atoms with Gasteiger partial charge in [0, 0.05) is 13.2 Å². The van der Waals surface area contributed by atoms with Gasteiger partial charge in [-0.15, -0.1) is 5.10 Å². The van der Waals surface area contributed by atoms with Gasteiger partial charge in [0.05, 0.1) is 0 Å². The standard InChI is InChI=1S/C12H25N5O/c1-4-12(5-2,18-6-3)11-14-15-16-17(11)10-8-7-9-13/h4-10,13H2,1-3H3. The van der Waals surface area contributed by atoms with Crippen molar-refractivity contribution < 1.29 is 4.74 Å². The summed E-state index contributed by atoms with van der Waals surface area (Å²) >= 11 is 0. The van der Waals surface area contributed by atoms with Crippen molar-refractivity contribution in [3.8, 4) is 0 Å². The molecule has 0 aromatic carbocycles. The van der Waals surface area contributed by atoms with Crippen molar-refractivity contribution in [2.45, 2.75) is 58.6 Å². The molecule has 104 valence electrons. The van der Waals surface area contributed by atoms with Gasteiger partial charge in [-0.2, -0.15) is 0 Å². The Morgan fingerprint density at radius 3 is 2.50 bits per heavy atom. The van der Waals surface area contributed by atoms with E-state index in [1.165, 1.54) is 0 Å². The van der Waals surface area contributed by atoms with E-state index in [1.807, 2.05) is 11.6 Å². The van der Waals surface area contributed by atoms with E-state index < -0.39 is 0 Å². The lowest BCUT2D eigenvalue weighted by atomic mass is 9.96. The molecular weight excluding hydrogens is 230 g/mol. The summed E-state index contributed by atoms with van der Waals surface area (Å²) in [5, 5.41) is 12.0. The Morgan fingerprint density at radius 2 is 1.94 bits per heavy atom. The average molecular weight is 255 g/mol. The van der Waals surface area contributed by atoms with Crippen LogP contribution in [0.2, 0.25) is 0 Å². The molecule has 1 aromatic heterocycles. The van der Waals surface area contributed by atoms with Crippen molar-refractivity contribution in [2.75, 3.05) is 13.2 Å². The molecule has 1 rings (SSSR count). The summed E-state index contributed by atoms with van der Waals surface area (Å²) in [5.41, 5.74) is 5.15. The van der Waals surface area contributed by atoms with Gasteiger partial charge in [0.1, 0.15) is 5.60 Å². The van der Waals surface area contributed by atoms with Gasteiger partial charge in [-0.3, -0.25) is 0 Å². The van der Waals surface area contributed by atoms with E-state index in [0.717, 1.165) is 38.1 Å². The van der Waals surface area contributed by atoms with Gasteiger partial charge in [-0.05, 0) is 49.6 Å². The summed E-state index contributed by atoms with van der Waals surface area (Å²) < 4.78 is 7.79. The molecule has 0 unspecified atom stereocenters. The van der Waals surface area contributed by atoms with Crippen LogP contribution in [0.4, 0.5) is 0 Å². The lowest BCUT2D eigenvalue weighted by molar-refractivity contribution is -0.0603. The van der Waals surface area contributed by atoms with Crippen molar-refractivity contribution in [2.24, 2.45) is 5.73 Å². The molecule has 0 fully saturated rings. The number of hydrogen-bond acceptors (Lipinski definition) is 5. The Balaban J connectivity index is 2.87. The van der Waals surface area contributed by atoms with Gasteiger partial charge in [0.25, 0.3) is 0 Å².